The summed E-state index contributed by atoms with van der Waals surface area (Å²) in [5, 5.41) is 12.3. The van der Waals surface area contributed by atoms with Gasteiger partial charge in [-0.05, 0) is 17.7 Å². The lowest BCUT2D eigenvalue weighted by molar-refractivity contribution is 0.560. The number of nitrogens with zero attached hydrogens (tertiary/aromatic N) is 4. The molecule has 0 amide bonds. The van der Waals surface area contributed by atoms with Gasteiger partial charge in [0.05, 0.1) is 6.54 Å². The van der Waals surface area contributed by atoms with Crippen LogP contribution in [-0.4, -0.2) is 27.4 Å². The van der Waals surface area contributed by atoms with Crippen molar-refractivity contribution in [1.82, 2.24) is 20.1 Å². The maximum atomic E-state index is 6.41. The normalized spacial score (nSPS) is 14.6. The molecule has 0 spiro atoms. The summed E-state index contributed by atoms with van der Waals surface area (Å²) < 4.78 is 2.10. The fourth-order valence-corrected chi connectivity index (χ4v) is 2.72. The van der Waals surface area contributed by atoms with E-state index in [9.17, 15) is 0 Å². The van der Waals surface area contributed by atoms with Gasteiger partial charge in [0.1, 0.15) is 6.33 Å². The van der Waals surface area contributed by atoms with E-state index in [-0.39, 0.29) is 0 Å². The summed E-state index contributed by atoms with van der Waals surface area (Å²) in [6.07, 6.45) is 1.79. The highest BCUT2D eigenvalue weighted by molar-refractivity contribution is 6.31. The number of hydrogen-bond acceptors (Lipinski definition) is 4. The smallest absolute Gasteiger partial charge is 0.152 e. The third-order valence-corrected chi connectivity index (χ3v) is 4.09. The molecule has 1 aliphatic heterocycles. The second-order valence-corrected chi connectivity index (χ2v) is 6.08. The minimum absolute atomic E-state index is 0.453. The number of rotatable bonds is 4. The lowest BCUT2D eigenvalue weighted by Crippen LogP contribution is -2.33. The molecule has 0 bridgehead atoms. The third kappa shape index (κ3) is 3.19. The van der Waals surface area contributed by atoms with Gasteiger partial charge in [-0.1, -0.05) is 31.5 Å². The van der Waals surface area contributed by atoms with E-state index in [0.29, 0.717) is 6.04 Å². The molecule has 3 rings (SSSR count). The van der Waals surface area contributed by atoms with Gasteiger partial charge in [0.25, 0.3) is 0 Å². The van der Waals surface area contributed by atoms with Crippen LogP contribution in [0, 0.1) is 0 Å². The Kier molecular flexibility index (Phi) is 4.12. The molecule has 0 radical (unpaired) electrons. The van der Waals surface area contributed by atoms with Crippen LogP contribution in [0.1, 0.15) is 25.2 Å². The highest BCUT2D eigenvalue weighted by Gasteiger charge is 2.18. The minimum Gasteiger partial charge on any atom is -0.362 e. The Hall–Kier alpha value is -1.59. The number of hydrogen-bond donors (Lipinski definition) is 1. The molecule has 5 nitrogen and oxygen atoms in total. The number of nitrogens with one attached hydrogen (secondary N) is 1. The lowest BCUT2D eigenvalue weighted by atomic mass is 10.1. The van der Waals surface area contributed by atoms with Crippen LogP contribution in [0.15, 0.2) is 24.5 Å². The second-order valence-electron chi connectivity index (χ2n) is 5.67. The van der Waals surface area contributed by atoms with Crippen molar-refractivity contribution in [1.29, 1.82) is 0 Å². The maximum absolute atomic E-state index is 6.41. The first-order valence-corrected chi connectivity index (χ1v) is 7.64. The van der Waals surface area contributed by atoms with Crippen LogP contribution < -0.4 is 10.2 Å². The Morgan fingerprint density at radius 1 is 1.33 bits per heavy atom. The molecule has 1 N–H and O–H groups in total. The van der Waals surface area contributed by atoms with Crippen molar-refractivity contribution < 1.29 is 0 Å². The van der Waals surface area contributed by atoms with Crippen LogP contribution in [0.5, 0.6) is 0 Å². The first kappa shape index (κ1) is 14.4. The van der Waals surface area contributed by atoms with Crippen molar-refractivity contribution in [2.24, 2.45) is 0 Å². The first-order valence-electron chi connectivity index (χ1n) is 7.27. The quantitative estimate of drug-likeness (QED) is 0.942. The summed E-state index contributed by atoms with van der Waals surface area (Å²) in [5.74, 6) is 1.00. The number of anilines is 1. The highest BCUT2D eigenvalue weighted by Crippen LogP contribution is 2.26. The molecule has 1 aromatic heterocycles. The average Bonchev–Trinajstić information content (AvgIpc) is 2.93. The SMILES string of the molecule is CC(C)NCc1ccc(N2CCn3cnnc3C2)cc1Cl. The molecule has 21 heavy (non-hydrogen) atoms. The van der Waals surface area contributed by atoms with Crippen molar-refractivity contribution in [3.63, 3.8) is 0 Å². The van der Waals surface area contributed by atoms with Crippen LogP contribution in [-0.2, 0) is 19.6 Å². The fraction of sp³-hybridized carbons (Fsp3) is 0.467. The maximum Gasteiger partial charge on any atom is 0.152 e. The molecule has 0 unspecified atom stereocenters. The number of aromatic nitrogens is 3. The molecule has 0 aliphatic carbocycles. The average molecular weight is 306 g/mol. The van der Waals surface area contributed by atoms with Crippen molar-refractivity contribution >= 4 is 17.3 Å². The monoisotopic (exact) mass is 305 g/mol. The van der Waals surface area contributed by atoms with Gasteiger partial charge in [-0.2, -0.15) is 0 Å². The topological polar surface area (TPSA) is 46.0 Å². The Morgan fingerprint density at radius 2 is 2.19 bits per heavy atom. The summed E-state index contributed by atoms with van der Waals surface area (Å²) in [4.78, 5) is 2.29. The van der Waals surface area contributed by atoms with Crippen molar-refractivity contribution in [3.8, 4) is 0 Å². The van der Waals surface area contributed by atoms with E-state index in [4.69, 9.17) is 11.6 Å². The summed E-state index contributed by atoms with van der Waals surface area (Å²) in [5.41, 5.74) is 2.27. The van der Waals surface area contributed by atoms with Crippen LogP contribution in [0.25, 0.3) is 0 Å². The highest BCUT2D eigenvalue weighted by atomic mass is 35.5. The van der Waals surface area contributed by atoms with E-state index in [2.05, 4.69) is 51.0 Å². The number of halogens is 1. The molecule has 0 saturated heterocycles. The number of benzene rings is 1. The molecule has 2 aromatic rings. The molecule has 0 saturated carbocycles. The van der Waals surface area contributed by atoms with Gasteiger partial charge in [0.15, 0.2) is 5.82 Å². The van der Waals surface area contributed by atoms with E-state index in [1.54, 1.807) is 6.33 Å². The second kappa shape index (κ2) is 6.03. The Morgan fingerprint density at radius 3 is 2.95 bits per heavy atom. The molecule has 2 heterocycles. The van der Waals surface area contributed by atoms with E-state index < -0.39 is 0 Å². The van der Waals surface area contributed by atoms with Crippen LogP contribution in [0.4, 0.5) is 5.69 Å². The molecule has 1 aromatic carbocycles. The van der Waals surface area contributed by atoms with Gasteiger partial charge >= 0.3 is 0 Å². The van der Waals surface area contributed by atoms with Crippen molar-refractivity contribution in [2.75, 3.05) is 11.4 Å². The van der Waals surface area contributed by atoms with Gasteiger partial charge in [0, 0.05) is 36.4 Å². The van der Waals surface area contributed by atoms with E-state index in [1.165, 1.54) is 0 Å². The van der Waals surface area contributed by atoms with Gasteiger partial charge in [-0.25, -0.2) is 0 Å². The minimum atomic E-state index is 0.453. The zero-order valence-electron chi connectivity index (χ0n) is 12.4. The van der Waals surface area contributed by atoms with Crippen LogP contribution in [0.2, 0.25) is 5.02 Å². The fourth-order valence-electron chi connectivity index (χ4n) is 2.48. The largest absolute Gasteiger partial charge is 0.362 e. The van der Waals surface area contributed by atoms with Gasteiger partial charge in [-0.3, -0.25) is 0 Å². The zero-order chi connectivity index (χ0) is 14.8. The standard InChI is InChI=1S/C15H20ClN5/c1-11(2)17-8-12-3-4-13(7-14(12)16)20-5-6-21-10-18-19-15(21)9-20/h3-4,7,10-11,17H,5-6,8-9H2,1-2H3. The van der Waals surface area contributed by atoms with Crippen molar-refractivity contribution in [3.05, 3.63) is 40.9 Å². The molecular formula is C15H20ClN5. The van der Waals surface area contributed by atoms with Crippen LogP contribution >= 0.6 is 11.6 Å². The van der Waals surface area contributed by atoms with Gasteiger partial charge in [-0.15, -0.1) is 10.2 Å². The van der Waals surface area contributed by atoms with Crippen LogP contribution in [0.3, 0.4) is 0 Å². The Balaban J connectivity index is 1.73. The Labute approximate surface area is 129 Å². The molecule has 0 fully saturated rings. The van der Waals surface area contributed by atoms with Gasteiger partial charge < -0.3 is 14.8 Å². The molecule has 0 atom stereocenters. The predicted molar refractivity (Wildman–Crippen MR) is 84.5 cm³/mol. The first-order chi connectivity index (χ1) is 10.1. The summed E-state index contributed by atoms with van der Waals surface area (Å²) in [6.45, 7) is 7.70. The van der Waals surface area contributed by atoms with E-state index >= 15 is 0 Å². The molecule has 1 aliphatic rings. The van der Waals surface area contributed by atoms with Gasteiger partial charge in [0.2, 0.25) is 0 Å². The zero-order valence-corrected chi connectivity index (χ0v) is 13.1. The summed E-state index contributed by atoms with van der Waals surface area (Å²) >= 11 is 6.41. The molecular weight excluding hydrogens is 286 g/mol. The number of fused-ring (bicyclic) bond motifs is 1. The van der Waals surface area contributed by atoms with E-state index in [0.717, 1.165) is 48.3 Å². The molecule has 112 valence electrons. The van der Waals surface area contributed by atoms with Crippen molar-refractivity contribution in [2.45, 2.75) is 39.5 Å². The molecule has 6 heteroatoms. The predicted octanol–water partition coefficient (Wildman–Crippen LogP) is 2.45. The third-order valence-electron chi connectivity index (χ3n) is 3.74. The van der Waals surface area contributed by atoms with E-state index in [1.807, 2.05) is 6.07 Å². The summed E-state index contributed by atoms with van der Waals surface area (Å²) in [6, 6.07) is 6.74. The lowest BCUT2D eigenvalue weighted by Gasteiger charge is -2.29. The Bertz CT molecular complexity index is 622. The summed E-state index contributed by atoms with van der Waals surface area (Å²) in [7, 11) is 0.